The Balaban J connectivity index is 2.33. The summed E-state index contributed by atoms with van der Waals surface area (Å²) < 4.78 is 10.8. The van der Waals surface area contributed by atoms with Crippen molar-refractivity contribution in [2.45, 2.75) is 0 Å². The van der Waals surface area contributed by atoms with Gasteiger partial charge in [0.2, 0.25) is 0 Å². The predicted octanol–water partition coefficient (Wildman–Crippen LogP) is 2.64. The number of ether oxygens (including phenoxy) is 2. The van der Waals surface area contributed by atoms with Gasteiger partial charge >= 0.3 is 0 Å². The zero-order valence-electron chi connectivity index (χ0n) is 15.2. The van der Waals surface area contributed by atoms with Crippen molar-refractivity contribution < 1.29 is 9.47 Å². The van der Waals surface area contributed by atoms with Crippen LogP contribution in [-0.4, -0.2) is 43.8 Å². The van der Waals surface area contributed by atoms with Gasteiger partial charge in [0, 0.05) is 35.7 Å². The van der Waals surface area contributed by atoms with Gasteiger partial charge in [0.15, 0.2) is 0 Å². The summed E-state index contributed by atoms with van der Waals surface area (Å²) in [5.41, 5.74) is 7.60. The highest BCUT2D eigenvalue weighted by Gasteiger charge is 2.26. The van der Waals surface area contributed by atoms with Gasteiger partial charge in [0.1, 0.15) is 46.4 Å². The van der Waals surface area contributed by atoms with E-state index in [1.165, 1.54) is 7.11 Å². The average Bonchev–Trinajstić information content (AvgIpc) is 2.73. The van der Waals surface area contributed by atoms with E-state index in [1.54, 1.807) is 25.3 Å². The predicted molar refractivity (Wildman–Crippen MR) is 106 cm³/mol. The van der Waals surface area contributed by atoms with E-state index in [-0.39, 0.29) is 11.4 Å². The minimum Gasteiger partial charge on any atom is -0.497 e. The maximum atomic E-state index is 9.95. The lowest BCUT2D eigenvalue weighted by molar-refractivity contribution is 0.404. The van der Waals surface area contributed by atoms with Gasteiger partial charge in [0.25, 0.3) is 0 Å². The fraction of sp³-hybridized carbons (Fsp3) is 0.316. The van der Waals surface area contributed by atoms with Crippen LogP contribution in [0.25, 0.3) is 11.1 Å². The number of benzene rings is 1. The number of rotatable bonds is 4. The molecule has 8 heteroatoms. The van der Waals surface area contributed by atoms with Crippen molar-refractivity contribution in [2.75, 3.05) is 49.4 Å². The number of nitriles is 2. The molecule has 0 bridgehead atoms. The van der Waals surface area contributed by atoms with E-state index in [1.807, 2.05) is 16.7 Å². The second-order valence-corrected chi connectivity index (χ2v) is 7.06. The fourth-order valence-electron chi connectivity index (χ4n) is 3.09. The Hall–Kier alpha value is -3.10. The lowest BCUT2D eigenvalue weighted by atomic mass is 9.94. The molecular formula is C19H19N5O2S. The first-order chi connectivity index (χ1) is 13.1. The van der Waals surface area contributed by atoms with Crippen molar-refractivity contribution in [1.82, 2.24) is 4.98 Å². The Labute approximate surface area is 162 Å². The van der Waals surface area contributed by atoms with Crippen LogP contribution in [0.5, 0.6) is 11.5 Å². The molecule has 3 rings (SSSR count). The summed E-state index contributed by atoms with van der Waals surface area (Å²) in [6.45, 7) is 1.54. The van der Waals surface area contributed by atoms with Crippen LogP contribution < -0.4 is 20.1 Å². The van der Waals surface area contributed by atoms with Gasteiger partial charge in [-0.05, 0) is 18.2 Å². The smallest absolute Gasteiger partial charge is 0.149 e. The van der Waals surface area contributed by atoms with Crippen molar-refractivity contribution in [3.05, 3.63) is 29.3 Å². The summed E-state index contributed by atoms with van der Waals surface area (Å²) >= 11 is 1.86. The highest BCUT2D eigenvalue weighted by atomic mass is 32.2. The molecule has 138 valence electrons. The molecule has 1 aromatic heterocycles. The third kappa shape index (κ3) is 3.44. The number of methoxy groups -OCH3 is 2. The molecule has 1 fully saturated rings. The third-order valence-corrected chi connectivity index (χ3v) is 5.36. The normalized spacial score (nSPS) is 13.6. The molecule has 0 spiro atoms. The molecule has 0 amide bonds. The number of hydrogen-bond acceptors (Lipinski definition) is 8. The molecule has 0 radical (unpaired) electrons. The minimum absolute atomic E-state index is 0.101. The van der Waals surface area contributed by atoms with E-state index < -0.39 is 0 Å². The van der Waals surface area contributed by atoms with Crippen LogP contribution in [0.15, 0.2) is 18.2 Å². The molecule has 7 nitrogen and oxygen atoms in total. The first-order valence-corrected chi connectivity index (χ1v) is 9.48. The Morgan fingerprint density at radius 1 is 1.11 bits per heavy atom. The van der Waals surface area contributed by atoms with Crippen molar-refractivity contribution in [1.29, 1.82) is 10.5 Å². The van der Waals surface area contributed by atoms with Crippen LogP contribution in [-0.2, 0) is 0 Å². The monoisotopic (exact) mass is 381 g/mol. The summed E-state index contributed by atoms with van der Waals surface area (Å²) in [4.78, 5) is 6.44. The van der Waals surface area contributed by atoms with Crippen LogP contribution in [0.2, 0.25) is 0 Å². The van der Waals surface area contributed by atoms with Crippen LogP contribution in [0.4, 0.5) is 11.6 Å². The lowest BCUT2D eigenvalue weighted by Crippen LogP contribution is -2.34. The molecule has 1 aromatic carbocycles. The SMILES string of the molecule is COc1ccc(OC)c(-c2c(C#N)c(N)nc(N3CCSCC3)c2C#N)c1. The molecule has 0 atom stereocenters. The number of thioether (sulfide) groups is 1. The van der Waals surface area contributed by atoms with Crippen molar-refractivity contribution in [3.8, 4) is 34.8 Å². The number of pyridine rings is 1. The first-order valence-electron chi connectivity index (χ1n) is 8.33. The van der Waals surface area contributed by atoms with E-state index in [0.717, 1.165) is 24.6 Å². The van der Waals surface area contributed by atoms with Crippen LogP contribution in [0, 0.1) is 22.7 Å². The second kappa shape index (κ2) is 8.07. The van der Waals surface area contributed by atoms with Crippen molar-refractivity contribution in [3.63, 3.8) is 0 Å². The maximum absolute atomic E-state index is 9.95. The molecular weight excluding hydrogens is 362 g/mol. The standard InChI is InChI=1S/C19H19N5O2S/c1-25-12-3-4-16(26-2)13(9-12)17-14(10-20)18(22)23-19(15(17)11-21)24-5-7-27-8-6-24/h3-4,9H,5-8H2,1-2H3,(H2,22,23). The molecule has 0 unspecified atom stereocenters. The number of aromatic nitrogens is 1. The lowest BCUT2D eigenvalue weighted by Gasteiger charge is -2.29. The van der Waals surface area contributed by atoms with E-state index in [9.17, 15) is 10.5 Å². The molecule has 2 N–H and O–H groups in total. The molecule has 27 heavy (non-hydrogen) atoms. The van der Waals surface area contributed by atoms with Gasteiger partial charge in [-0.3, -0.25) is 0 Å². The maximum Gasteiger partial charge on any atom is 0.149 e. The number of anilines is 2. The Morgan fingerprint density at radius 2 is 1.81 bits per heavy atom. The van der Waals surface area contributed by atoms with Crippen molar-refractivity contribution in [2.24, 2.45) is 0 Å². The molecule has 0 aliphatic carbocycles. The summed E-state index contributed by atoms with van der Waals surface area (Å²) in [5.74, 6) is 3.62. The molecule has 1 aliphatic heterocycles. The van der Waals surface area contributed by atoms with E-state index in [4.69, 9.17) is 15.2 Å². The van der Waals surface area contributed by atoms with E-state index in [0.29, 0.717) is 34.0 Å². The zero-order chi connectivity index (χ0) is 19.4. The van der Waals surface area contributed by atoms with E-state index in [2.05, 4.69) is 17.1 Å². The Bertz CT molecular complexity index is 943. The number of nitrogens with two attached hydrogens (primary N) is 1. The topological polar surface area (TPSA) is 108 Å². The third-order valence-electron chi connectivity index (χ3n) is 4.42. The summed E-state index contributed by atoms with van der Waals surface area (Å²) in [6, 6.07) is 9.57. The van der Waals surface area contributed by atoms with Gasteiger partial charge in [-0.15, -0.1) is 0 Å². The van der Waals surface area contributed by atoms with Crippen LogP contribution >= 0.6 is 11.8 Å². The molecule has 2 aromatic rings. The fourth-order valence-corrected chi connectivity index (χ4v) is 4.00. The molecule has 1 saturated heterocycles. The zero-order valence-corrected chi connectivity index (χ0v) is 16.0. The minimum atomic E-state index is 0.101. The van der Waals surface area contributed by atoms with Gasteiger partial charge in [-0.2, -0.15) is 22.3 Å². The van der Waals surface area contributed by atoms with E-state index >= 15 is 0 Å². The summed E-state index contributed by atoms with van der Waals surface area (Å²) in [5, 5.41) is 19.7. The highest BCUT2D eigenvalue weighted by Crippen LogP contribution is 2.41. The van der Waals surface area contributed by atoms with Crippen LogP contribution in [0.1, 0.15) is 11.1 Å². The van der Waals surface area contributed by atoms with Gasteiger partial charge in [-0.25, -0.2) is 4.98 Å². The number of nitrogen functional groups attached to an aromatic ring is 1. The highest BCUT2D eigenvalue weighted by molar-refractivity contribution is 7.99. The Morgan fingerprint density at radius 3 is 2.41 bits per heavy atom. The average molecular weight is 381 g/mol. The molecule has 1 aliphatic rings. The van der Waals surface area contributed by atoms with Gasteiger partial charge in [0.05, 0.1) is 14.2 Å². The molecule has 2 heterocycles. The Kier molecular flexibility index (Phi) is 5.58. The largest absolute Gasteiger partial charge is 0.497 e. The summed E-state index contributed by atoms with van der Waals surface area (Å²) in [6.07, 6.45) is 0. The first kappa shape index (κ1) is 18.7. The van der Waals surface area contributed by atoms with Gasteiger partial charge in [-0.1, -0.05) is 0 Å². The number of nitrogens with zero attached hydrogens (tertiary/aromatic N) is 4. The summed E-state index contributed by atoms with van der Waals surface area (Å²) in [7, 11) is 3.09. The van der Waals surface area contributed by atoms with Crippen molar-refractivity contribution >= 4 is 23.4 Å². The molecule has 0 saturated carbocycles. The van der Waals surface area contributed by atoms with Crippen LogP contribution in [0.3, 0.4) is 0 Å². The second-order valence-electron chi connectivity index (χ2n) is 5.83. The quantitative estimate of drug-likeness (QED) is 0.861. The van der Waals surface area contributed by atoms with Gasteiger partial charge < -0.3 is 20.1 Å². The number of hydrogen-bond donors (Lipinski definition) is 1.